The lowest BCUT2D eigenvalue weighted by Crippen LogP contribution is -2.12. The molecule has 0 spiro atoms. The predicted octanol–water partition coefficient (Wildman–Crippen LogP) is 1.72. The maximum absolute atomic E-state index is 3.61. The van der Waals surface area contributed by atoms with E-state index in [4.69, 9.17) is 0 Å². The SMILES string of the molecule is C=C[CH]CCCN(C)C. The number of nitrogens with zero attached hydrogens (tertiary/aromatic N) is 1. The van der Waals surface area contributed by atoms with E-state index in [0.717, 1.165) is 6.42 Å². The van der Waals surface area contributed by atoms with Crippen molar-refractivity contribution < 1.29 is 0 Å². The summed E-state index contributed by atoms with van der Waals surface area (Å²) in [5.41, 5.74) is 0. The van der Waals surface area contributed by atoms with Crippen LogP contribution in [0.1, 0.15) is 12.8 Å². The Kier molecular flexibility index (Phi) is 5.64. The van der Waals surface area contributed by atoms with Crippen molar-refractivity contribution in [1.29, 1.82) is 0 Å². The molecular formula is C8H16N. The van der Waals surface area contributed by atoms with Gasteiger partial charge in [0.2, 0.25) is 0 Å². The van der Waals surface area contributed by atoms with Gasteiger partial charge < -0.3 is 4.90 Å². The van der Waals surface area contributed by atoms with Gasteiger partial charge in [-0.15, -0.1) is 6.58 Å². The largest absolute Gasteiger partial charge is 0.309 e. The second kappa shape index (κ2) is 5.83. The van der Waals surface area contributed by atoms with Crippen LogP contribution in [0.2, 0.25) is 0 Å². The van der Waals surface area contributed by atoms with Crippen LogP contribution >= 0.6 is 0 Å². The maximum Gasteiger partial charge on any atom is -0.00246 e. The van der Waals surface area contributed by atoms with Gasteiger partial charge in [-0.1, -0.05) is 6.08 Å². The number of rotatable bonds is 5. The van der Waals surface area contributed by atoms with Crippen LogP contribution in [0.15, 0.2) is 12.7 Å². The maximum atomic E-state index is 3.61. The van der Waals surface area contributed by atoms with E-state index in [9.17, 15) is 0 Å². The standard InChI is InChI=1S/C8H16N/c1-4-5-6-7-8-9(2)3/h4-5H,1,6-8H2,2-3H3. The molecular weight excluding hydrogens is 110 g/mol. The Bertz CT molecular complexity index is 67.0. The van der Waals surface area contributed by atoms with Gasteiger partial charge in [-0.2, -0.15) is 0 Å². The third kappa shape index (κ3) is 7.70. The fourth-order valence-corrected chi connectivity index (χ4v) is 0.643. The second-order valence-corrected chi connectivity index (χ2v) is 2.42. The molecule has 0 unspecified atom stereocenters. The first-order chi connectivity index (χ1) is 4.27. The van der Waals surface area contributed by atoms with E-state index < -0.39 is 0 Å². The fourth-order valence-electron chi connectivity index (χ4n) is 0.643. The summed E-state index contributed by atoms with van der Waals surface area (Å²) in [6.07, 6.45) is 6.35. The highest BCUT2D eigenvalue weighted by atomic mass is 15.0. The minimum atomic E-state index is 1.15. The van der Waals surface area contributed by atoms with E-state index >= 15 is 0 Å². The summed E-state index contributed by atoms with van der Waals surface area (Å²) in [7, 11) is 4.18. The molecule has 0 aliphatic rings. The molecule has 1 heteroatoms. The van der Waals surface area contributed by atoms with Crippen LogP contribution in [0.25, 0.3) is 0 Å². The van der Waals surface area contributed by atoms with E-state index in [1.54, 1.807) is 0 Å². The number of allylic oxidation sites excluding steroid dienone is 1. The topological polar surface area (TPSA) is 3.24 Å². The van der Waals surface area contributed by atoms with Crippen LogP contribution in [0.4, 0.5) is 0 Å². The van der Waals surface area contributed by atoms with Gasteiger partial charge in [0.05, 0.1) is 0 Å². The second-order valence-electron chi connectivity index (χ2n) is 2.42. The average Bonchev–Trinajstić information content (AvgIpc) is 1.80. The molecule has 0 fully saturated rings. The summed E-state index contributed by atoms with van der Waals surface area (Å²) in [6.45, 7) is 4.78. The molecule has 0 N–H and O–H groups in total. The first-order valence-corrected chi connectivity index (χ1v) is 3.36. The summed E-state index contributed by atoms with van der Waals surface area (Å²) in [4.78, 5) is 2.19. The molecule has 0 amide bonds. The van der Waals surface area contributed by atoms with Crippen molar-refractivity contribution in [2.45, 2.75) is 12.8 Å². The zero-order valence-corrected chi connectivity index (χ0v) is 6.43. The molecule has 1 radical (unpaired) electrons. The van der Waals surface area contributed by atoms with Gasteiger partial charge >= 0.3 is 0 Å². The van der Waals surface area contributed by atoms with Crippen LogP contribution in [0.3, 0.4) is 0 Å². The van der Waals surface area contributed by atoms with Crippen LogP contribution in [0, 0.1) is 6.42 Å². The highest BCUT2D eigenvalue weighted by Crippen LogP contribution is 1.94. The molecule has 0 saturated carbocycles. The molecule has 0 aliphatic carbocycles. The van der Waals surface area contributed by atoms with Crippen LogP contribution in [0.5, 0.6) is 0 Å². The van der Waals surface area contributed by atoms with Gasteiger partial charge in [0, 0.05) is 0 Å². The Labute approximate surface area is 58.4 Å². The number of hydrogen-bond acceptors (Lipinski definition) is 1. The lowest BCUT2D eigenvalue weighted by atomic mass is 10.2. The molecule has 0 aliphatic heterocycles. The van der Waals surface area contributed by atoms with Gasteiger partial charge in [0.1, 0.15) is 0 Å². The molecule has 0 rings (SSSR count). The molecule has 0 aromatic heterocycles. The highest BCUT2D eigenvalue weighted by Gasteiger charge is 1.87. The summed E-state index contributed by atoms with van der Waals surface area (Å²) in [6, 6.07) is 0. The Morgan fingerprint density at radius 3 is 2.56 bits per heavy atom. The third-order valence-corrected chi connectivity index (χ3v) is 1.14. The molecule has 0 saturated heterocycles. The van der Waals surface area contributed by atoms with Crippen LogP contribution in [-0.4, -0.2) is 25.5 Å². The van der Waals surface area contributed by atoms with E-state index in [2.05, 4.69) is 32.0 Å². The van der Waals surface area contributed by atoms with Crippen molar-refractivity contribution in [1.82, 2.24) is 4.90 Å². The summed E-state index contributed by atoms with van der Waals surface area (Å²) in [5.74, 6) is 0. The average molecular weight is 126 g/mol. The van der Waals surface area contributed by atoms with E-state index in [-0.39, 0.29) is 0 Å². The van der Waals surface area contributed by atoms with Gasteiger partial charge in [-0.3, -0.25) is 0 Å². The van der Waals surface area contributed by atoms with Crippen LogP contribution in [-0.2, 0) is 0 Å². The van der Waals surface area contributed by atoms with Crippen molar-refractivity contribution in [3.05, 3.63) is 19.1 Å². The minimum Gasteiger partial charge on any atom is -0.309 e. The Morgan fingerprint density at radius 2 is 2.11 bits per heavy atom. The number of unbranched alkanes of at least 4 members (excludes halogenated alkanes) is 2. The van der Waals surface area contributed by atoms with Crippen molar-refractivity contribution in [2.24, 2.45) is 0 Å². The molecule has 53 valence electrons. The van der Waals surface area contributed by atoms with E-state index in [1.807, 2.05) is 6.08 Å². The number of hydrogen-bond donors (Lipinski definition) is 0. The Balaban J connectivity index is 2.82. The van der Waals surface area contributed by atoms with Gasteiger partial charge in [0.25, 0.3) is 0 Å². The lowest BCUT2D eigenvalue weighted by Gasteiger charge is -2.06. The zero-order chi connectivity index (χ0) is 7.11. The summed E-state index contributed by atoms with van der Waals surface area (Å²) >= 11 is 0. The fraction of sp³-hybridized carbons (Fsp3) is 0.625. The van der Waals surface area contributed by atoms with E-state index in [0.29, 0.717) is 0 Å². The molecule has 0 heterocycles. The lowest BCUT2D eigenvalue weighted by molar-refractivity contribution is 0.400. The predicted molar refractivity (Wildman–Crippen MR) is 42.3 cm³/mol. The van der Waals surface area contributed by atoms with Crippen molar-refractivity contribution in [3.63, 3.8) is 0 Å². The minimum absolute atomic E-state index is 1.15. The monoisotopic (exact) mass is 126 g/mol. The van der Waals surface area contributed by atoms with Crippen LogP contribution < -0.4 is 0 Å². The Hall–Kier alpha value is -0.300. The smallest absolute Gasteiger partial charge is 0.00246 e. The van der Waals surface area contributed by atoms with E-state index in [1.165, 1.54) is 13.0 Å². The first kappa shape index (κ1) is 8.70. The molecule has 1 nitrogen and oxygen atoms in total. The highest BCUT2D eigenvalue weighted by molar-refractivity contribution is 4.85. The normalized spacial score (nSPS) is 10.1. The molecule has 9 heavy (non-hydrogen) atoms. The van der Waals surface area contributed by atoms with Gasteiger partial charge in [-0.25, -0.2) is 0 Å². The molecule has 0 aromatic carbocycles. The molecule has 0 atom stereocenters. The van der Waals surface area contributed by atoms with Gasteiger partial charge in [0.15, 0.2) is 0 Å². The van der Waals surface area contributed by atoms with Crippen molar-refractivity contribution in [2.75, 3.05) is 20.6 Å². The molecule has 0 bridgehead atoms. The quantitative estimate of drug-likeness (QED) is 0.507. The molecule has 0 aromatic rings. The summed E-state index contributed by atoms with van der Waals surface area (Å²) in [5, 5.41) is 0. The van der Waals surface area contributed by atoms with Crippen molar-refractivity contribution >= 4 is 0 Å². The first-order valence-electron chi connectivity index (χ1n) is 3.36. The van der Waals surface area contributed by atoms with Gasteiger partial charge in [-0.05, 0) is 39.9 Å². The summed E-state index contributed by atoms with van der Waals surface area (Å²) < 4.78 is 0. The third-order valence-electron chi connectivity index (χ3n) is 1.14. The zero-order valence-electron chi connectivity index (χ0n) is 6.43. The van der Waals surface area contributed by atoms with Crippen molar-refractivity contribution in [3.8, 4) is 0 Å². The Morgan fingerprint density at radius 1 is 1.44 bits per heavy atom.